The van der Waals surface area contributed by atoms with E-state index in [1.807, 2.05) is 0 Å². The number of rotatable bonds is 2. The van der Waals surface area contributed by atoms with Crippen LogP contribution in [-0.4, -0.2) is 20.1 Å². The SMILES string of the molecule is OCc1nnn(C2CCCCC2)c1C(F)(F)F. The molecule has 1 heterocycles. The van der Waals surface area contributed by atoms with Crippen molar-refractivity contribution >= 4 is 0 Å². The Morgan fingerprint density at radius 2 is 1.88 bits per heavy atom. The zero-order valence-electron chi connectivity index (χ0n) is 9.24. The van der Waals surface area contributed by atoms with Crippen LogP contribution in [0.1, 0.15) is 49.5 Å². The standard InChI is InChI=1S/C10H14F3N3O/c11-10(12,13)9-8(6-17)14-15-16(9)7-4-2-1-3-5-7/h7,17H,1-6H2. The van der Waals surface area contributed by atoms with Crippen LogP contribution in [0.15, 0.2) is 0 Å². The minimum absolute atomic E-state index is 0.242. The average Bonchev–Trinajstić information content (AvgIpc) is 2.73. The maximum Gasteiger partial charge on any atom is 0.435 e. The number of halogens is 3. The molecule has 2 rings (SSSR count). The molecule has 0 saturated heterocycles. The van der Waals surface area contributed by atoms with Crippen LogP contribution in [0.4, 0.5) is 13.2 Å². The van der Waals surface area contributed by atoms with Gasteiger partial charge < -0.3 is 5.11 Å². The van der Waals surface area contributed by atoms with E-state index < -0.39 is 18.5 Å². The van der Waals surface area contributed by atoms with Crippen LogP contribution in [0, 0.1) is 0 Å². The van der Waals surface area contributed by atoms with E-state index in [0.717, 1.165) is 23.9 Å². The molecule has 96 valence electrons. The summed E-state index contributed by atoms with van der Waals surface area (Å²) in [5.74, 6) is 0. The van der Waals surface area contributed by atoms with Crippen molar-refractivity contribution in [2.45, 2.75) is 50.9 Å². The van der Waals surface area contributed by atoms with Crippen LogP contribution in [0.5, 0.6) is 0 Å². The van der Waals surface area contributed by atoms with Crippen molar-refractivity contribution in [1.29, 1.82) is 0 Å². The predicted octanol–water partition coefficient (Wildman–Crippen LogP) is 2.29. The molecule has 0 aromatic carbocycles. The fourth-order valence-electron chi connectivity index (χ4n) is 2.31. The van der Waals surface area contributed by atoms with Gasteiger partial charge in [-0.05, 0) is 12.8 Å². The highest BCUT2D eigenvalue weighted by Crippen LogP contribution is 2.36. The Kier molecular flexibility index (Phi) is 3.37. The number of aliphatic hydroxyl groups excluding tert-OH is 1. The first-order valence-corrected chi connectivity index (χ1v) is 5.66. The van der Waals surface area contributed by atoms with Crippen molar-refractivity contribution < 1.29 is 18.3 Å². The van der Waals surface area contributed by atoms with Crippen molar-refractivity contribution in [3.63, 3.8) is 0 Å². The molecule has 1 aliphatic rings. The first-order chi connectivity index (χ1) is 8.04. The van der Waals surface area contributed by atoms with Gasteiger partial charge in [0.15, 0.2) is 5.69 Å². The molecule has 0 atom stereocenters. The fourth-order valence-corrected chi connectivity index (χ4v) is 2.31. The van der Waals surface area contributed by atoms with Gasteiger partial charge in [-0.3, -0.25) is 0 Å². The maximum absolute atomic E-state index is 12.9. The number of hydrogen-bond acceptors (Lipinski definition) is 3. The summed E-state index contributed by atoms with van der Waals surface area (Å²) >= 11 is 0. The van der Waals surface area contributed by atoms with Crippen LogP contribution in [-0.2, 0) is 12.8 Å². The van der Waals surface area contributed by atoms with Gasteiger partial charge >= 0.3 is 6.18 Å². The van der Waals surface area contributed by atoms with E-state index in [2.05, 4.69) is 10.3 Å². The van der Waals surface area contributed by atoms with Crippen molar-refractivity contribution in [3.05, 3.63) is 11.4 Å². The first-order valence-electron chi connectivity index (χ1n) is 5.66. The predicted molar refractivity (Wildman–Crippen MR) is 53.1 cm³/mol. The van der Waals surface area contributed by atoms with Crippen molar-refractivity contribution in [1.82, 2.24) is 15.0 Å². The summed E-state index contributed by atoms with van der Waals surface area (Å²) in [4.78, 5) is 0. The van der Waals surface area contributed by atoms with Crippen LogP contribution in [0.2, 0.25) is 0 Å². The van der Waals surface area contributed by atoms with Gasteiger partial charge in [-0.1, -0.05) is 24.5 Å². The summed E-state index contributed by atoms with van der Waals surface area (Å²) < 4.78 is 39.6. The molecule has 17 heavy (non-hydrogen) atoms. The van der Waals surface area contributed by atoms with Gasteiger partial charge in [-0.25, -0.2) is 4.68 Å². The maximum atomic E-state index is 12.9. The Balaban J connectivity index is 2.36. The van der Waals surface area contributed by atoms with Gasteiger partial charge in [0.25, 0.3) is 0 Å². The topological polar surface area (TPSA) is 50.9 Å². The van der Waals surface area contributed by atoms with E-state index in [0.29, 0.717) is 12.8 Å². The molecule has 1 aliphatic carbocycles. The lowest BCUT2D eigenvalue weighted by atomic mass is 9.95. The molecule has 1 fully saturated rings. The van der Waals surface area contributed by atoms with Crippen molar-refractivity contribution in [2.24, 2.45) is 0 Å². The molecule has 0 radical (unpaired) electrons. The molecule has 0 spiro atoms. The Morgan fingerprint density at radius 3 is 2.41 bits per heavy atom. The lowest BCUT2D eigenvalue weighted by Crippen LogP contribution is -2.22. The number of nitrogens with zero attached hydrogens (tertiary/aromatic N) is 3. The molecule has 1 saturated carbocycles. The van der Waals surface area contributed by atoms with Gasteiger partial charge in [-0.2, -0.15) is 13.2 Å². The van der Waals surface area contributed by atoms with Gasteiger partial charge in [-0.15, -0.1) is 5.10 Å². The van der Waals surface area contributed by atoms with Gasteiger partial charge in [0, 0.05) is 0 Å². The smallest absolute Gasteiger partial charge is 0.390 e. The minimum atomic E-state index is -4.51. The van der Waals surface area contributed by atoms with Gasteiger partial charge in [0.2, 0.25) is 0 Å². The quantitative estimate of drug-likeness (QED) is 0.874. The van der Waals surface area contributed by atoms with Crippen LogP contribution < -0.4 is 0 Å². The number of aromatic nitrogens is 3. The largest absolute Gasteiger partial charge is 0.435 e. The van der Waals surface area contributed by atoms with E-state index in [1.165, 1.54) is 0 Å². The summed E-state index contributed by atoms with van der Waals surface area (Å²) in [6.07, 6.45) is -0.250. The van der Waals surface area contributed by atoms with Crippen LogP contribution >= 0.6 is 0 Å². The molecule has 0 unspecified atom stereocenters. The summed E-state index contributed by atoms with van der Waals surface area (Å²) in [7, 11) is 0. The fraction of sp³-hybridized carbons (Fsp3) is 0.800. The highest BCUT2D eigenvalue weighted by molar-refractivity contribution is 5.14. The molecule has 0 aliphatic heterocycles. The molecular formula is C10H14F3N3O. The summed E-state index contributed by atoms with van der Waals surface area (Å²) in [6, 6.07) is -0.242. The van der Waals surface area contributed by atoms with E-state index >= 15 is 0 Å². The Morgan fingerprint density at radius 1 is 1.24 bits per heavy atom. The highest BCUT2D eigenvalue weighted by atomic mass is 19.4. The number of aliphatic hydroxyl groups is 1. The molecule has 7 heteroatoms. The third-order valence-corrected chi connectivity index (χ3v) is 3.10. The molecule has 1 aromatic heterocycles. The Labute approximate surface area is 96.4 Å². The monoisotopic (exact) mass is 249 g/mol. The molecule has 1 aromatic rings. The Hall–Kier alpha value is -1.11. The van der Waals surface area contributed by atoms with Crippen molar-refractivity contribution in [3.8, 4) is 0 Å². The summed E-state index contributed by atoms with van der Waals surface area (Å²) in [5, 5.41) is 15.9. The van der Waals surface area contributed by atoms with Gasteiger partial charge in [0.05, 0.1) is 12.6 Å². The average molecular weight is 249 g/mol. The normalized spacial score (nSPS) is 18.6. The van der Waals surface area contributed by atoms with Gasteiger partial charge in [0.1, 0.15) is 5.69 Å². The second kappa shape index (κ2) is 4.64. The zero-order valence-corrected chi connectivity index (χ0v) is 9.24. The van der Waals surface area contributed by atoms with E-state index in [-0.39, 0.29) is 11.7 Å². The molecule has 0 amide bonds. The lowest BCUT2D eigenvalue weighted by molar-refractivity contribution is -0.146. The summed E-state index contributed by atoms with van der Waals surface area (Å²) in [6.45, 7) is -0.735. The first kappa shape index (κ1) is 12.3. The molecule has 1 N–H and O–H groups in total. The van der Waals surface area contributed by atoms with E-state index in [9.17, 15) is 13.2 Å². The third-order valence-electron chi connectivity index (χ3n) is 3.10. The van der Waals surface area contributed by atoms with Crippen LogP contribution in [0.3, 0.4) is 0 Å². The molecule has 4 nitrogen and oxygen atoms in total. The zero-order chi connectivity index (χ0) is 12.5. The highest BCUT2D eigenvalue weighted by Gasteiger charge is 2.40. The Bertz CT molecular complexity index is 383. The minimum Gasteiger partial charge on any atom is -0.390 e. The van der Waals surface area contributed by atoms with E-state index in [1.54, 1.807) is 0 Å². The second-order valence-corrected chi connectivity index (χ2v) is 4.28. The van der Waals surface area contributed by atoms with E-state index in [4.69, 9.17) is 5.11 Å². The summed E-state index contributed by atoms with van der Waals surface area (Å²) in [5.41, 5.74) is -1.28. The third kappa shape index (κ3) is 2.43. The second-order valence-electron chi connectivity index (χ2n) is 4.28. The van der Waals surface area contributed by atoms with Crippen LogP contribution in [0.25, 0.3) is 0 Å². The number of alkyl halides is 3. The van der Waals surface area contributed by atoms with Crippen molar-refractivity contribution in [2.75, 3.05) is 0 Å². The number of hydrogen-bond donors (Lipinski definition) is 1. The molecule has 0 bridgehead atoms. The lowest BCUT2D eigenvalue weighted by Gasteiger charge is -2.23. The molecular weight excluding hydrogens is 235 g/mol.